The molecule has 0 radical (unpaired) electrons. The molecule has 2 rings (SSSR count). The molecule has 0 aromatic carbocycles. The molecule has 0 bridgehead atoms. The molecule has 2 N–H and O–H groups in total. The summed E-state index contributed by atoms with van der Waals surface area (Å²) in [4.78, 5) is 0. The van der Waals surface area contributed by atoms with Gasteiger partial charge in [0.2, 0.25) is 0 Å². The molecule has 2 aliphatic rings. The molecule has 0 unspecified atom stereocenters. The molecule has 2 nitrogen and oxygen atoms in total. The van der Waals surface area contributed by atoms with Crippen molar-refractivity contribution >= 4 is 11.8 Å². The van der Waals surface area contributed by atoms with E-state index in [0.29, 0.717) is 5.41 Å². The van der Waals surface area contributed by atoms with Crippen LogP contribution in [0.3, 0.4) is 0 Å². The first-order valence-electron chi connectivity index (χ1n) is 3.95. The van der Waals surface area contributed by atoms with Gasteiger partial charge in [-0.1, -0.05) is 0 Å². The van der Waals surface area contributed by atoms with Crippen molar-refractivity contribution in [3.05, 3.63) is 0 Å². The third-order valence-electron chi connectivity index (χ3n) is 2.61. The minimum Gasteiger partial charge on any atom is -0.257 e. The standard InChI is InChI=1S/C7H14N2S/c1-3-10-4-2-7(1)5-8-9-6-7/h8-9H,1-6H2. The van der Waals surface area contributed by atoms with Gasteiger partial charge in [0.1, 0.15) is 0 Å². The van der Waals surface area contributed by atoms with Crippen molar-refractivity contribution in [3.8, 4) is 0 Å². The van der Waals surface area contributed by atoms with E-state index in [1.54, 1.807) is 0 Å². The van der Waals surface area contributed by atoms with Gasteiger partial charge >= 0.3 is 0 Å². The third kappa shape index (κ3) is 1.18. The number of thioether (sulfide) groups is 1. The van der Waals surface area contributed by atoms with Crippen molar-refractivity contribution in [1.29, 1.82) is 0 Å². The van der Waals surface area contributed by atoms with E-state index in [1.165, 1.54) is 37.4 Å². The monoisotopic (exact) mass is 158 g/mol. The molecule has 2 aliphatic heterocycles. The van der Waals surface area contributed by atoms with E-state index in [2.05, 4.69) is 22.6 Å². The Kier molecular flexibility index (Phi) is 1.89. The van der Waals surface area contributed by atoms with Gasteiger partial charge in [0.05, 0.1) is 0 Å². The molecule has 0 atom stereocenters. The van der Waals surface area contributed by atoms with Crippen LogP contribution in [0.2, 0.25) is 0 Å². The highest BCUT2D eigenvalue weighted by Gasteiger charge is 2.34. The van der Waals surface area contributed by atoms with E-state index in [-0.39, 0.29) is 0 Å². The Morgan fingerprint density at radius 1 is 1.00 bits per heavy atom. The van der Waals surface area contributed by atoms with Crippen LogP contribution in [0.1, 0.15) is 12.8 Å². The molecule has 10 heavy (non-hydrogen) atoms. The Hall–Kier alpha value is 0.270. The van der Waals surface area contributed by atoms with Crippen LogP contribution in [0.5, 0.6) is 0 Å². The summed E-state index contributed by atoms with van der Waals surface area (Å²) in [6.45, 7) is 2.38. The van der Waals surface area contributed by atoms with Crippen molar-refractivity contribution in [1.82, 2.24) is 10.9 Å². The maximum atomic E-state index is 3.22. The van der Waals surface area contributed by atoms with Crippen LogP contribution in [0.25, 0.3) is 0 Å². The molecule has 2 heterocycles. The molecule has 3 heteroatoms. The molecular weight excluding hydrogens is 144 g/mol. The van der Waals surface area contributed by atoms with Gasteiger partial charge in [-0.05, 0) is 29.8 Å². The molecular formula is C7H14N2S. The van der Waals surface area contributed by atoms with Crippen LogP contribution in [0.15, 0.2) is 0 Å². The first-order valence-corrected chi connectivity index (χ1v) is 5.10. The lowest BCUT2D eigenvalue weighted by molar-refractivity contribution is 0.317. The zero-order valence-corrected chi connectivity index (χ0v) is 6.97. The first-order chi connectivity index (χ1) is 4.91. The molecule has 0 saturated carbocycles. The second-order valence-electron chi connectivity index (χ2n) is 3.32. The second-order valence-corrected chi connectivity index (χ2v) is 4.54. The largest absolute Gasteiger partial charge is 0.257 e. The summed E-state index contributed by atoms with van der Waals surface area (Å²) >= 11 is 2.10. The third-order valence-corrected chi connectivity index (χ3v) is 3.59. The molecule has 1 spiro atoms. The lowest BCUT2D eigenvalue weighted by atomic mass is 9.83. The molecule has 0 amide bonds. The quantitative estimate of drug-likeness (QED) is 0.540. The van der Waals surface area contributed by atoms with E-state index < -0.39 is 0 Å². The Morgan fingerprint density at radius 3 is 2.20 bits per heavy atom. The molecule has 0 aromatic rings. The Morgan fingerprint density at radius 2 is 1.60 bits per heavy atom. The van der Waals surface area contributed by atoms with Crippen LogP contribution < -0.4 is 10.9 Å². The van der Waals surface area contributed by atoms with Crippen LogP contribution in [-0.2, 0) is 0 Å². The zero-order valence-electron chi connectivity index (χ0n) is 6.15. The minimum atomic E-state index is 0.630. The van der Waals surface area contributed by atoms with E-state index in [1.807, 2.05) is 0 Å². The summed E-state index contributed by atoms with van der Waals surface area (Å²) in [7, 11) is 0. The number of hydrogen-bond acceptors (Lipinski definition) is 3. The van der Waals surface area contributed by atoms with Gasteiger partial charge in [0, 0.05) is 13.1 Å². The molecule has 2 saturated heterocycles. The molecule has 2 fully saturated rings. The average molecular weight is 158 g/mol. The fourth-order valence-corrected chi connectivity index (χ4v) is 3.08. The average Bonchev–Trinajstić information content (AvgIpc) is 2.39. The van der Waals surface area contributed by atoms with Gasteiger partial charge in [-0.25, -0.2) is 0 Å². The van der Waals surface area contributed by atoms with Crippen molar-refractivity contribution in [2.75, 3.05) is 24.6 Å². The van der Waals surface area contributed by atoms with Crippen molar-refractivity contribution in [2.45, 2.75) is 12.8 Å². The van der Waals surface area contributed by atoms with Crippen LogP contribution >= 0.6 is 11.8 Å². The Bertz CT molecular complexity index is 113. The van der Waals surface area contributed by atoms with E-state index in [0.717, 1.165) is 0 Å². The maximum absolute atomic E-state index is 3.22. The number of rotatable bonds is 0. The highest BCUT2D eigenvalue weighted by molar-refractivity contribution is 7.99. The minimum absolute atomic E-state index is 0.630. The maximum Gasteiger partial charge on any atom is 0.0170 e. The lowest BCUT2D eigenvalue weighted by Crippen LogP contribution is -2.31. The topological polar surface area (TPSA) is 24.1 Å². The highest BCUT2D eigenvalue weighted by atomic mass is 32.2. The van der Waals surface area contributed by atoms with Gasteiger partial charge in [-0.2, -0.15) is 11.8 Å². The molecule has 0 aliphatic carbocycles. The van der Waals surface area contributed by atoms with Crippen molar-refractivity contribution in [2.24, 2.45) is 5.41 Å². The second kappa shape index (κ2) is 2.72. The van der Waals surface area contributed by atoms with Crippen molar-refractivity contribution < 1.29 is 0 Å². The van der Waals surface area contributed by atoms with E-state index >= 15 is 0 Å². The summed E-state index contributed by atoms with van der Waals surface area (Å²) in [5.74, 6) is 2.73. The Labute approximate surface area is 66.1 Å². The molecule has 0 aromatic heterocycles. The number of hydrazine groups is 1. The lowest BCUT2D eigenvalue weighted by Gasteiger charge is -2.30. The summed E-state index contributed by atoms with van der Waals surface area (Å²) in [5.41, 5.74) is 7.08. The number of hydrogen-bond donors (Lipinski definition) is 2. The SMILES string of the molecule is C1CC2(CCS1)CNNC2. The van der Waals surface area contributed by atoms with Crippen LogP contribution in [-0.4, -0.2) is 24.6 Å². The molecule has 58 valence electrons. The summed E-state index contributed by atoms with van der Waals surface area (Å²) < 4.78 is 0. The van der Waals surface area contributed by atoms with Gasteiger partial charge in [0.15, 0.2) is 0 Å². The summed E-state index contributed by atoms with van der Waals surface area (Å²) in [6, 6.07) is 0. The van der Waals surface area contributed by atoms with Gasteiger partial charge < -0.3 is 0 Å². The Balaban J connectivity index is 1.98. The predicted octanol–water partition coefficient (Wildman–Crippen LogP) is 0.608. The van der Waals surface area contributed by atoms with Crippen LogP contribution in [0, 0.1) is 5.41 Å². The fraction of sp³-hybridized carbons (Fsp3) is 1.00. The van der Waals surface area contributed by atoms with E-state index in [9.17, 15) is 0 Å². The predicted molar refractivity (Wildman–Crippen MR) is 45.0 cm³/mol. The first kappa shape index (κ1) is 6.95. The normalized spacial score (nSPS) is 31.2. The highest BCUT2D eigenvalue weighted by Crippen LogP contribution is 2.35. The fourth-order valence-electron chi connectivity index (χ4n) is 1.72. The van der Waals surface area contributed by atoms with Gasteiger partial charge in [0.25, 0.3) is 0 Å². The summed E-state index contributed by atoms with van der Waals surface area (Å²) in [6.07, 6.45) is 2.80. The summed E-state index contributed by atoms with van der Waals surface area (Å²) in [5, 5.41) is 0. The smallest absolute Gasteiger partial charge is 0.0170 e. The van der Waals surface area contributed by atoms with Gasteiger partial charge in [-0.3, -0.25) is 10.9 Å². The zero-order chi connectivity index (χ0) is 6.86. The van der Waals surface area contributed by atoms with Crippen LogP contribution in [0.4, 0.5) is 0 Å². The number of nitrogens with one attached hydrogen (secondary N) is 2. The van der Waals surface area contributed by atoms with Crippen molar-refractivity contribution in [3.63, 3.8) is 0 Å². The van der Waals surface area contributed by atoms with Gasteiger partial charge in [-0.15, -0.1) is 0 Å². The van der Waals surface area contributed by atoms with E-state index in [4.69, 9.17) is 0 Å².